The second-order valence-corrected chi connectivity index (χ2v) is 7.72. The molecule has 6 nitrogen and oxygen atoms in total. The average Bonchev–Trinajstić information content (AvgIpc) is 2.65. The number of urea groups is 1. The van der Waals surface area contributed by atoms with Gasteiger partial charge < -0.3 is 20.4 Å². The van der Waals surface area contributed by atoms with Crippen LogP contribution in [0.4, 0.5) is 16.2 Å². The first kappa shape index (κ1) is 22.3. The highest BCUT2D eigenvalue weighted by atomic mass is 16.2. The maximum absolute atomic E-state index is 12.5. The molecule has 156 valence electrons. The molecule has 0 aliphatic heterocycles. The van der Waals surface area contributed by atoms with E-state index in [1.54, 1.807) is 6.92 Å². The fraction of sp³-hybridized carbons (Fsp3) is 0.391. The maximum Gasteiger partial charge on any atom is 0.319 e. The minimum atomic E-state index is -0.246. The summed E-state index contributed by atoms with van der Waals surface area (Å²) in [6.45, 7) is 7.89. The van der Waals surface area contributed by atoms with Crippen molar-refractivity contribution in [2.45, 2.75) is 46.3 Å². The van der Waals surface area contributed by atoms with Gasteiger partial charge in [0.2, 0.25) is 5.91 Å². The minimum absolute atomic E-state index is 0.00183. The fourth-order valence-corrected chi connectivity index (χ4v) is 3.27. The number of carbonyl (C=O) groups excluding carboxylic acids is 2. The van der Waals surface area contributed by atoms with E-state index in [-0.39, 0.29) is 24.0 Å². The lowest BCUT2D eigenvalue weighted by atomic mass is 10.0. The topological polar surface area (TPSA) is 64.7 Å². The lowest BCUT2D eigenvalue weighted by Gasteiger charge is -2.30. The first-order valence-electron chi connectivity index (χ1n) is 9.89. The molecule has 0 bridgehead atoms. The highest BCUT2D eigenvalue weighted by Crippen LogP contribution is 2.28. The molecule has 2 aromatic rings. The first-order chi connectivity index (χ1) is 13.7. The van der Waals surface area contributed by atoms with E-state index in [1.807, 2.05) is 93.2 Å². The molecule has 0 fully saturated rings. The Balaban J connectivity index is 2.32. The second kappa shape index (κ2) is 9.96. The highest BCUT2D eigenvalue weighted by Gasteiger charge is 2.21. The summed E-state index contributed by atoms with van der Waals surface area (Å²) in [6.07, 6.45) is 0. The predicted molar refractivity (Wildman–Crippen MR) is 119 cm³/mol. The Bertz CT molecular complexity index is 834. The molecule has 0 heterocycles. The number of nitrogens with zero attached hydrogens (tertiary/aromatic N) is 2. The smallest absolute Gasteiger partial charge is 0.319 e. The van der Waals surface area contributed by atoms with E-state index in [2.05, 4.69) is 10.6 Å². The van der Waals surface area contributed by atoms with Crippen LogP contribution in [0, 0.1) is 0 Å². The molecule has 29 heavy (non-hydrogen) atoms. The van der Waals surface area contributed by atoms with Gasteiger partial charge in [-0.15, -0.1) is 0 Å². The van der Waals surface area contributed by atoms with Gasteiger partial charge in [-0.1, -0.05) is 30.3 Å². The SMILES string of the molecule is CC(=O)N(Cc1cc(NC(=O)NC(C)C)ccc1N(C)C)C(C)c1ccccc1. The Kier molecular flexibility index (Phi) is 7.65. The zero-order valence-corrected chi connectivity index (χ0v) is 18.2. The summed E-state index contributed by atoms with van der Waals surface area (Å²) in [5.41, 5.74) is 3.75. The number of hydrogen-bond acceptors (Lipinski definition) is 3. The average molecular weight is 397 g/mol. The van der Waals surface area contributed by atoms with Gasteiger partial charge in [0.15, 0.2) is 0 Å². The monoisotopic (exact) mass is 396 g/mol. The van der Waals surface area contributed by atoms with Crippen molar-refractivity contribution in [3.8, 4) is 0 Å². The van der Waals surface area contributed by atoms with Crippen LogP contribution in [-0.4, -0.2) is 37.0 Å². The standard InChI is InChI=1S/C23H32N4O2/c1-16(2)24-23(29)25-21-12-13-22(26(5)6)20(14-21)15-27(18(4)28)17(3)19-10-8-7-9-11-19/h7-14,16-17H,15H2,1-6H3,(H2,24,25,29). The molecule has 2 N–H and O–H groups in total. The van der Waals surface area contributed by atoms with Crippen LogP contribution < -0.4 is 15.5 Å². The van der Waals surface area contributed by atoms with Crippen molar-refractivity contribution in [1.29, 1.82) is 0 Å². The van der Waals surface area contributed by atoms with Crippen LogP contribution in [0.1, 0.15) is 44.9 Å². The van der Waals surface area contributed by atoms with Crippen LogP contribution >= 0.6 is 0 Å². The minimum Gasteiger partial charge on any atom is -0.377 e. The molecule has 3 amide bonds. The molecular weight excluding hydrogens is 364 g/mol. The molecule has 2 rings (SSSR count). The Morgan fingerprint density at radius 3 is 2.21 bits per heavy atom. The zero-order chi connectivity index (χ0) is 21.6. The van der Waals surface area contributed by atoms with Gasteiger partial charge in [-0.05, 0) is 50.1 Å². The van der Waals surface area contributed by atoms with Crippen molar-refractivity contribution < 1.29 is 9.59 Å². The van der Waals surface area contributed by atoms with Crippen LogP contribution in [0.3, 0.4) is 0 Å². The molecule has 0 radical (unpaired) electrons. The summed E-state index contributed by atoms with van der Waals surface area (Å²) < 4.78 is 0. The summed E-state index contributed by atoms with van der Waals surface area (Å²) >= 11 is 0. The Morgan fingerprint density at radius 1 is 1.00 bits per heavy atom. The molecule has 0 aliphatic carbocycles. The number of anilines is 2. The van der Waals surface area contributed by atoms with Gasteiger partial charge in [0.1, 0.15) is 0 Å². The number of rotatable bonds is 7. The Hall–Kier alpha value is -3.02. The summed E-state index contributed by atoms with van der Waals surface area (Å²) in [5, 5.41) is 5.69. The molecule has 0 spiro atoms. The zero-order valence-electron chi connectivity index (χ0n) is 18.2. The number of nitrogens with one attached hydrogen (secondary N) is 2. The molecular formula is C23H32N4O2. The van der Waals surface area contributed by atoms with E-state index in [0.29, 0.717) is 12.2 Å². The number of benzene rings is 2. The largest absolute Gasteiger partial charge is 0.377 e. The molecule has 2 aromatic carbocycles. The molecule has 0 saturated carbocycles. The van der Waals surface area contributed by atoms with Crippen LogP contribution in [-0.2, 0) is 11.3 Å². The summed E-state index contributed by atoms with van der Waals surface area (Å²) in [6, 6.07) is 15.5. The lowest BCUT2D eigenvalue weighted by molar-refractivity contribution is -0.131. The van der Waals surface area contributed by atoms with Gasteiger partial charge in [0.05, 0.1) is 6.04 Å². The third-order valence-electron chi connectivity index (χ3n) is 4.73. The van der Waals surface area contributed by atoms with E-state index < -0.39 is 0 Å². The van der Waals surface area contributed by atoms with E-state index in [0.717, 1.165) is 16.8 Å². The van der Waals surface area contributed by atoms with Gasteiger partial charge in [-0.25, -0.2) is 4.79 Å². The molecule has 0 saturated heterocycles. The predicted octanol–water partition coefficient (Wildman–Crippen LogP) is 4.39. The van der Waals surface area contributed by atoms with E-state index in [4.69, 9.17) is 0 Å². The van der Waals surface area contributed by atoms with Gasteiger partial charge in [0.25, 0.3) is 0 Å². The molecule has 0 aromatic heterocycles. The van der Waals surface area contributed by atoms with Gasteiger partial charge >= 0.3 is 6.03 Å². The lowest BCUT2D eigenvalue weighted by Crippen LogP contribution is -2.34. The van der Waals surface area contributed by atoms with Crippen LogP contribution in [0.15, 0.2) is 48.5 Å². The van der Waals surface area contributed by atoms with Gasteiger partial charge in [0, 0.05) is 45.0 Å². The third kappa shape index (κ3) is 6.24. The Labute approximate surface area is 173 Å². The van der Waals surface area contributed by atoms with Crippen molar-refractivity contribution >= 4 is 23.3 Å². The molecule has 1 unspecified atom stereocenters. The Morgan fingerprint density at radius 2 is 1.66 bits per heavy atom. The molecule has 1 atom stereocenters. The van der Waals surface area contributed by atoms with E-state index in [9.17, 15) is 9.59 Å². The fourth-order valence-electron chi connectivity index (χ4n) is 3.27. The van der Waals surface area contributed by atoms with E-state index >= 15 is 0 Å². The number of carbonyl (C=O) groups is 2. The van der Waals surface area contributed by atoms with Crippen LogP contribution in [0.25, 0.3) is 0 Å². The van der Waals surface area contributed by atoms with Gasteiger partial charge in [-0.3, -0.25) is 4.79 Å². The summed E-state index contributed by atoms with van der Waals surface area (Å²) in [7, 11) is 3.94. The van der Waals surface area contributed by atoms with Crippen molar-refractivity contribution in [2.24, 2.45) is 0 Å². The summed E-state index contributed by atoms with van der Waals surface area (Å²) in [4.78, 5) is 28.4. The quantitative estimate of drug-likeness (QED) is 0.729. The molecule has 0 aliphatic rings. The first-order valence-corrected chi connectivity index (χ1v) is 9.89. The van der Waals surface area contributed by atoms with Crippen molar-refractivity contribution in [3.63, 3.8) is 0 Å². The van der Waals surface area contributed by atoms with Crippen molar-refractivity contribution in [1.82, 2.24) is 10.2 Å². The third-order valence-corrected chi connectivity index (χ3v) is 4.73. The highest BCUT2D eigenvalue weighted by molar-refractivity contribution is 5.90. The molecule has 6 heteroatoms. The van der Waals surface area contributed by atoms with Crippen LogP contribution in [0.5, 0.6) is 0 Å². The van der Waals surface area contributed by atoms with Crippen LogP contribution in [0.2, 0.25) is 0 Å². The second-order valence-electron chi connectivity index (χ2n) is 7.72. The van der Waals surface area contributed by atoms with E-state index in [1.165, 1.54) is 0 Å². The normalized spacial score (nSPS) is 11.7. The summed E-state index contributed by atoms with van der Waals surface area (Å²) in [5.74, 6) is 0.00183. The van der Waals surface area contributed by atoms with Gasteiger partial charge in [-0.2, -0.15) is 0 Å². The number of hydrogen-bond donors (Lipinski definition) is 2. The van der Waals surface area contributed by atoms with Crippen molar-refractivity contribution in [3.05, 3.63) is 59.7 Å². The maximum atomic E-state index is 12.5. The number of amides is 3. The van der Waals surface area contributed by atoms with Crippen molar-refractivity contribution in [2.75, 3.05) is 24.3 Å².